The molecule has 1 heterocycles. The maximum atomic E-state index is 11.8. The van der Waals surface area contributed by atoms with Gasteiger partial charge >= 0.3 is 0 Å². The molecule has 2 rings (SSSR count). The standard InChI is InChI=1S/C13H25N3O/c1-2-14-9-12-5-3-4-8-16(12)10-13(17)15-11-6-7-11/h11-12,14H,2-10H2,1H3,(H,15,17). The van der Waals surface area contributed by atoms with Crippen LogP contribution in [0.15, 0.2) is 0 Å². The Morgan fingerprint density at radius 1 is 1.29 bits per heavy atom. The van der Waals surface area contributed by atoms with Crippen LogP contribution in [0, 0.1) is 0 Å². The van der Waals surface area contributed by atoms with Gasteiger partial charge in [-0.05, 0) is 38.8 Å². The zero-order valence-electron chi connectivity index (χ0n) is 10.9. The van der Waals surface area contributed by atoms with Crippen molar-refractivity contribution < 1.29 is 4.79 Å². The number of piperidine rings is 1. The molecule has 2 fully saturated rings. The molecule has 2 N–H and O–H groups in total. The summed E-state index contributed by atoms with van der Waals surface area (Å²) in [6.07, 6.45) is 6.11. The quantitative estimate of drug-likeness (QED) is 0.718. The summed E-state index contributed by atoms with van der Waals surface area (Å²) in [5.41, 5.74) is 0. The van der Waals surface area contributed by atoms with E-state index in [0.717, 1.165) is 19.6 Å². The van der Waals surface area contributed by atoms with E-state index in [1.54, 1.807) is 0 Å². The van der Waals surface area contributed by atoms with Gasteiger partial charge in [-0.1, -0.05) is 13.3 Å². The zero-order valence-corrected chi connectivity index (χ0v) is 10.9. The third-order valence-corrected chi connectivity index (χ3v) is 3.67. The summed E-state index contributed by atoms with van der Waals surface area (Å²) in [5.74, 6) is 0.218. The number of hydrogen-bond donors (Lipinski definition) is 2. The first kappa shape index (κ1) is 12.8. The highest BCUT2D eigenvalue weighted by Gasteiger charge is 2.27. The van der Waals surface area contributed by atoms with Gasteiger partial charge in [0.1, 0.15) is 0 Å². The molecule has 1 saturated carbocycles. The molecular weight excluding hydrogens is 214 g/mol. The van der Waals surface area contributed by atoms with Crippen molar-refractivity contribution in [3.63, 3.8) is 0 Å². The second-order valence-corrected chi connectivity index (χ2v) is 5.27. The van der Waals surface area contributed by atoms with Crippen molar-refractivity contribution >= 4 is 5.91 Å². The molecule has 2 aliphatic rings. The molecule has 0 aromatic rings. The van der Waals surface area contributed by atoms with Crippen LogP contribution in [0.1, 0.15) is 39.0 Å². The zero-order chi connectivity index (χ0) is 12.1. The van der Waals surface area contributed by atoms with Crippen molar-refractivity contribution in [2.45, 2.75) is 51.1 Å². The first-order chi connectivity index (χ1) is 8.29. The molecule has 1 amide bonds. The van der Waals surface area contributed by atoms with E-state index in [4.69, 9.17) is 0 Å². The summed E-state index contributed by atoms with van der Waals surface area (Å²) in [7, 11) is 0. The van der Waals surface area contributed by atoms with Crippen LogP contribution in [0.3, 0.4) is 0 Å². The van der Waals surface area contributed by atoms with Crippen LogP contribution in [0.25, 0.3) is 0 Å². The number of likely N-dealkylation sites (tertiary alicyclic amines) is 1. The molecular formula is C13H25N3O. The van der Waals surface area contributed by atoms with E-state index in [2.05, 4.69) is 22.5 Å². The van der Waals surface area contributed by atoms with Crippen LogP contribution in [-0.2, 0) is 4.79 Å². The molecule has 4 nitrogen and oxygen atoms in total. The van der Waals surface area contributed by atoms with E-state index < -0.39 is 0 Å². The molecule has 1 saturated heterocycles. The molecule has 1 unspecified atom stereocenters. The second kappa shape index (κ2) is 6.36. The van der Waals surface area contributed by atoms with Crippen molar-refractivity contribution in [3.05, 3.63) is 0 Å². The SMILES string of the molecule is CCNCC1CCCCN1CC(=O)NC1CC1. The monoisotopic (exact) mass is 239 g/mol. The Labute approximate surface area is 104 Å². The molecule has 98 valence electrons. The van der Waals surface area contributed by atoms with Gasteiger partial charge in [-0.2, -0.15) is 0 Å². The van der Waals surface area contributed by atoms with E-state index in [1.807, 2.05) is 0 Å². The second-order valence-electron chi connectivity index (χ2n) is 5.27. The van der Waals surface area contributed by atoms with Crippen LogP contribution in [0.4, 0.5) is 0 Å². The van der Waals surface area contributed by atoms with Gasteiger partial charge < -0.3 is 10.6 Å². The minimum Gasteiger partial charge on any atom is -0.352 e. The van der Waals surface area contributed by atoms with Gasteiger partial charge in [0, 0.05) is 18.6 Å². The Morgan fingerprint density at radius 3 is 2.82 bits per heavy atom. The number of hydrogen-bond acceptors (Lipinski definition) is 3. The van der Waals surface area contributed by atoms with Gasteiger partial charge in [0.15, 0.2) is 0 Å². The summed E-state index contributed by atoms with van der Waals surface area (Å²) < 4.78 is 0. The van der Waals surface area contributed by atoms with Gasteiger partial charge in [-0.15, -0.1) is 0 Å². The lowest BCUT2D eigenvalue weighted by Gasteiger charge is -2.35. The summed E-state index contributed by atoms with van der Waals surface area (Å²) in [5, 5.41) is 6.48. The first-order valence-electron chi connectivity index (χ1n) is 7.03. The Bertz CT molecular complexity index is 253. The highest BCUT2D eigenvalue weighted by atomic mass is 16.2. The van der Waals surface area contributed by atoms with Crippen LogP contribution < -0.4 is 10.6 Å². The molecule has 0 bridgehead atoms. The molecule has 0 radical (unpaired) electrons. The Hall–Kier alpha value is -0.610. The average molecular weight is 239 g/mol. The smallest absolute Gasteiger partial charge is 0.234 e. The van der Waals surface area contributed by atoms with E-state index >= 15 is 0 Å². The van der Waals surface area contributed by atoms with Crippen molar-refractivity contribution in [2.75, 3.05) is 26.2 Å². The normalized spacial score (nSPS) is 25.8. The molecule has 1 atom stereocenters. The molecule has 17 heavy (non-hydrogen) atoms. The van der Waals surface area contributed by atoms with E-state index in [1.165, 1.54) is 32.1 Å². The third-order valence-electron chi connectivity index (χ3n) is 3.67. The molecule has 0 spiro atoms. The predicted molar refractivity (Wildman–Crippen MR) is 68.9 cm³/mol. The van der Waals surface area contributed by atoms with Gasteiger partial charge in [-0.25, -0.2) is 0 Å². The van der Waals surface area contributed by atoms with Gasteiger partial charge in [0.25, 0.3) is 0 Å². The summed E-state index contributed by atoms with van der Waals surface area (Å²) >= 11 is 0. The average Bonchev–Trinajstić information content (AvgIpc) is 3.11. The number of rotatable bonds is 6. The number of likely N-dealkylation sites (N-methyl/N-ethyl adjacent to an activating group) is 1. The summed E-state index contributed by atoms with van der Waals surface area (Å²) in [6.45, 7) is 5.83. The Balaban J connectivity index is 1.75. The number of nitrogens with one attached hydrogen (secondary N) is 2. The molecule has 1 aliphatic carbocycles. The lowest BCUT2D eigenvalue weighted by molar-refractivity contribution is -0.123. The highest BCUT2D eigenvalue weighted by Crippen LogP contribution is 2.19. The van der Waals surface area contributed by atoms with Crippen LogP contribution >= 0.6 is 0 Å². The van der Waals surface area contributed by atoms with Crippen molar-refractivity contribution in [1.29, 1.82) is 0 Å². The fraction of sp³-hybridized carbons (Fsp3) is 0.923. The minimum atomic E-state index is 0.218. The predicted octanol–water partition coefficient (Wildman–Crippen LogP) is 0.729. The highest BCUT2D eigenvalue weighted by molar-refractivity contribution is 5.78. The molecule has 1 aliphatic heterocycles. The van der Waals surface area contributed by atoms with Crippen LogP contribution in [0.2, 0.25) is 0 Å². The molecule has 4 heteroatoms. The van der Waals surface area contributed by atoms with Crippen molar-refractivity contribution in [2.24, 2.45) is 0 Å². The summed E-state index contributed by atoms with van der Waals surface area (Å²) in [4.78, 5) is 14.2. The first-order valence-corrected chi connectivity index (χ1v) is 7.03. The van der Waals surface area contributed by atoms with E-state index in [-0.39, 0.29) is 5.91 Å². The topological polar surface area (TPSA) is 44.4 Å². The molecule has 0 aromatic carbocycles. The maximum absolute atomic E-state index is 11.8. The largest absolute Gasteiger partial charge is 0.352 e. The lowest BCUT2D eigenvalue weighted by atomic mass is 10.0. The van der Waals surface area contributed by atoms with Crippen LogP contribution in [0.5, 0.6) is 0 Å². The third kappa shape index (κ3) is 4.28. The van der Waals surface area contributed by atoms with Gasteiger partial charge in [0.2, 0.25) is 5.91 Å². The Morgan fingerprint density at radius 2 is 2.12 bits per heavy atom. The molecule has 0 aromatic heterocycles. The number of carbonyl (C=O) groups excluding carboxylic acids is 1. The van der Waals surface area contributed by atoms with Gasteiger partial charge in [0.05, 0.1) is 6.54 Å². The van der Waals surface area contributed by atoms with Crippen molar-refractivity contribution in [3.8, 4) is 0 Å². The van der Waals surface area contributed by atoms with E-state index in [0.29, 0.717) is 18.6 Å². The maximum Gasteiger partial charge on any atom is 0.234 e. The Kier molecular flexibility index (Phi) is 4.80. The lowest BCUT2D eigenvalue weighted by Crippen LogP contribution is -2.49. The number of nitrogens with zero attached hydrogens (tertiary/aromatic N) is 1. The minimum absolute atomic E-state index is 0.218. The fourth-order valence-corrected chi connectivity index (χ4v) is 2.50. The number of amides is 1. The van der Waals surface area contributed by atoms with Crippen LogP contribution in [-0.4, -0.2) is 49.1 Å². The fourth-order valence-electron chi connectivity index (χ4n) is 2.50. The van der Waals surface area contributed by atoms with Gasteiger partial charge in [-0.3, -0.25) is 9.69 Å². The van der Waals surface area contributed by atoms with Crippen molar-refractivity contribution in [1.82, 2.24) is 15.5 Å². The van der Waals surface area contributed by atoms with E-state index in [9.17, 15) is 4.79 Å². The summed E-state index contributed by atoms with van der Waals surface area (Å²) in [6, 6.07) is 1.04. The number of carbonyl (C=O) groups is 1.